The van der Waals surface area contributed by atoms with Gasteiger partial charge in [0, 0.05) is 18.3 Å². The maximum atomic E-state index is 13.5. The third kappa shape index (κ3) is 6.89. The van der Waals surface area contributed by atoms with E-state index in [1.54, 1.807) is 0 Å². The lowest BCUT2D eigenvalue weighted by molar-refractivity contribution is 0.0509. The molecule has 0 fully saturated rings. The van der Waals surface area contributed by atoms with Crippen molar-refractivity contribution in [2.24, 2.45) is 0 Å². The number of carbonyl (C=O) groups excluding carboxylic acids is 1. The first kappa shape index (κ1) is 19.3. The Labute approximate surface area is 138 Å². The summed E-state index contributed by atoms with van der Waals surface area (Å²) in [6.45, 7) is 15.0. The number of ether oxygens (including phenoxy) is 1. The quantitative estimate of drug-likeness (QED) is 0.696. The molecule has 0 aliphatic heterocycles. The van der Waals surface area contributed by atoms with E-state index >= 15 is 0 Å². The van der Waals surface area contributed by atoms with E-state index in [9.17, 15) is 9.18 Å². The summed E-state index contributed by atoms with van der Waals surface area (Å²) in [5.74, 6) is 0. The Morgan fingerprint density at radius 1 is 1.43 bits per heavy atom. The van der Waals surface area contributed by atoms with Crippen LogP contribution in [-0.2, 0) is 4.74 Å². The Bertz CT molecular complexity index is 528. The van der Waals surface area contributed by atoms with Crippen LogP contribution in [0.4, 0.5) is 9.18 Å². The molecule has 0 saturated heterocycles. The van der Waals surface area contributed by atoms with Gasteiger partial charge in [0.2, 0.25) is 0 Å². The van der Waals surface area contributed by atoms with Gasteiger partial charge in [-0.15, -0.1) is 0 Å². The van der Waals surface area contributed by atoms with Crippen LogP contribution in [0.1, 0.15) is 48.0 Å². The van der Waals surface area contributed by atoms with Crippen LogP contribution < -0.4 is 10.6 Å². The van der Waals surface area contributed by atoms with E-state index in [1.807, 2.05) is 34.6 Å². The van der Waals surface area contributed by atoms with Crippen molar-refractivity contribution < 1.29 is 13.9 Å². The van der Waals surface area contributed by atoms with Crippen LogP contribution >= 0.6 is 0 Å². The fraction of sp³-hybridized carbons (Fsp3) is 0.611. The zero-order valence-corrected chi connectivity index (χ0v) is 15.0. The molecule has 0 radical (unpaired) electrons. The summed E-state index contributed by atoms with van der Waals surface area (Å²) < 4.78 is 18.7. The number of halogens is 1. The lowest BCUT2D eigenvalue weighted by Crippen LogP contribution is -2.42. The van der Waals surface area contributed by atoms with E-state index in [1.165, 1.54) is 6.92 Å². The predicted molar refractivity (Wildman–Crippen MR) is 91.9 cm³/mol. The predicted octanol–water partition coefficient (Wildman–Crippen LogP) is 4.01. The van der Waals surface area contributed by atoms with E-state index < -0.39 is 17.9 Å². The summed E-state index contributed by atoms with van der Waals surface area (Å²) in [7, 11) is 0. The van der Waals surface area contributed by atoms with Gasteiger partial charge in [-0.3, -0.25) is 0 Å². The molecular weight excluding hydrogens is 295 g/mol. The Morgan fingerprint density at radius 3 is 2.43 bits per heavy atom. The van der Waals surface area contributed by atoms with Gasteiger partial charge in [0.15, 0.2) is 0 Å². The normalized spacial score (nSPS) is 17.4. The molecule has 4 nitrogen and oxygen atoms in total. The molecule has 0 spiro atoms. The molecule has 1 aliphatic rings. The maximum absolute atomic E-state index is 13.5. The molecule has 0 bridgehead atoms. The van der Waals surface area contributed by atoms with E-state index in [4.69, 9.17) is 4.74 Å². The number of rotatable bonds is 7. The van der Waals surface area contributed by atoms with E-state index in [0.717, 1.165) is 23.3 Å². The minimum atomic E-state index is -1.08. The average Bonchev–Trinajstić information content (AvgIpc) is 3.19. The number of carbonyl (C=O) groups is 1. The fourth-order valence-electron chi connectivity index (χ4n) is 2.02. The van der Waals surface area contributed by atoms with Crippen LogP contribution in [0.5, 0.6) is 0 Å². The van der Waals surface area contributed by atoms with Crippen molar-refractivity contribution in [3.63, 3.8) is 0 Å². The molecule has 0 heterocycles. The van der Waals surface area contributed by atoms with Crippen molar-refractivity contribution in [3.8, 4) is 0 Å². The second-order valence-electron chi connectivity index (χ2n) is 7.00. The monoisotopic (exact) mass is 324 g/mol. The molecule has 130 valence electrons. The molecule has 2 N–H and O–H groups in total. The van der Waals surface area contributed by atoms with Gasteiger partial charge in [-0.25, -0.2) is 9.18 Å². The standard InChI is InChI=1S/C18H29FN2O2/c1-11(21-17(22)23-18(5,6)7)10-20-16(15-8-9-15)13(3)12(2)14(4)19/h8,11,14,20H,2,9-10H2,1,3-7H3,(H,21,22)/b16-13-/t11-,14?/m1/s1. The Morgan fingerprint density at radius 2 is 2.00 bits per heavy atom. The number of alkyl halides is 1. The molecular formula is C18H29FN2O2. The summed E-state index contributed by atoms with van der Waals surface area (Å²) in [4.78, 5) is 11.7. The largest absolute Gasteiger partial charge is 0.444 e. The summed E-state index contributed by atoms with van der Waals surface area (Å²) in [6, 6.07) is -0.122. The molecule has 0 saturated carbocycles. The summed E-state index contributed by atoms with van der Waals surface area (Å²) in [6.07, 6.45) is 1.46. The Balaban J connectivity index is 2.60. The first-order chi connectivity index (χ1) is 10.5. The van der Waals surface area contributed by atoms with Crippen LogP contribution in [0.15, 0.2) is 35.1 Å². The zero-order valence-electron chi connectivity index (χ0n) is 15.0. The van der Waals surface area contributed by atoms with Crippen molar-refractivity contribution in [2.75, 3.05) is 6.54 Å². The highest BCUT2D eigenvalue weighted by atomic mass is 19.1. The highest BCUT2D eigenvalue weighted by molar-refractivity contribution is 5.68. The van der Waals surface area contributed by atoms with Gasteiger partial charge < -0.3 is 15.4 Å². The summed E-state index contributed by atoms with van der Waals surface area (Å²) >= 11 is 0. The van der Waals surface area contributed by atoms with E-state index in [0.29, 0.717) is 12.1 Å². The van der Waals surface area contributed by atoms with Gasteiger partial charge in [-0.05, 0) is 64.7 Å². The molecule has 0 aromatic carbocycles. The van der Waals surface area contributed by atoms with Crippen molar-refractivity contribution in [3.05, 3.63) is 35.1 Å². The van der Waals surface area contributed by atoms with Crippen molar-refractivity contribution in [2.45, 2.75) is 65.8 Å². The SMILES string of the molecule is C=C(/C(C)=C(\NC[C@@H](C)NC(=O)OC(C)(C)C)C1=CC1)C(C)F. The minimum absolute atomic E-state index is 0.122. The van der Waals surface area contributed by atoms with Crippen LogP contribution in [-0.4, -0.2) is 30.5 Å². The number of amides is 1. The third-order valence-corrected chi connectivity index (χ3v) is 3.41. The number of allylic oxidation sites excluding steroid dienone is 4. The van der Waals surface area contributed by atoms with Gasteiger partial charge >= 0.3 is 6.09 Å². The van der Waals surface area contributed by atoms with Gasteiger partial charge in [-0.2, -0.15) is 0 Å². The molecule has 1 unspecified atom stereocenters. The minimum Gasteiger partial charge on any atom is -0.444 e. The molecule has 1 rings (SSSR count). The van der Waals surface area contributed by atoms with Gasteiger partial charge in [0.05, 0.1) is 0 Å². The van der Waals surface area contributed by atoms with Crippen molar-refractivity contribution in [1.29, 1.82) is 0 Å². The lowest BCUT2D eigenvalue weighted by atomic mass is 10.0. The highest BCUT2D eigenvalue weighted by Gasteiger charge is 2.21. The van der Waals surface area contributed by atoms with Crippen LogP contribution in [0.3, 0.4) is 0 Å². The molecule has 5 heteroatoms. The molecule has 2 atom stereocenters. The second kappa shape index (κ2) is 7.66. The first-order valence-corrected chi connectivity index (χ1v) is 7.98. The number of alkyl carbamates (subject to hydrolysis) is 1. The number of hydrogen-bond acceptors (Lipinski definition) is 3. The average molecular weight is 324 g/mol. The molecule has 1 aliphatic carbocycles. The van der Waals surface area contributed by atoms with Crippen LogP contribution in [0.2, 0.25) is 0 Å². The van der Waals surface area contributed by atoms with Gasteiger partial charge in [-0.1, -0.05) is 12.7 Å². The molecule has 0 aromatic heterocycles. The van der Waals surface area contributed by atoms with Crippen molar-refractivity contribution in [1.82, 2.24) is 10.6 Å². The van der Waals surface area contributed by atoms with Crippen LogP contribution in [0, 0.1) is 0 Å². The highest BCUT2D eigenvalue weighted by Crippen LogP contribution is 2.30. The molecule has 23 heavy (non-hydrogen) atoms. The fourth-order valence-corrected chi connectivity index (χ4v) is 2.02. The third-order valence-electron chi connectivity index (χ3n) is 3.41. The van der Waals surface area contributed by atoms with E-state index in [2.05, 4.69) is 23.3 Å². The summed E-state index contributed by atoms with van der Waals surface area (Å²) in [5, 5.41) is 6.08. The first-order valence-electron chi connectivity index (χ1n) is 7.98. The topological polar surface area (TPSA) is 50.4 Å². The zero-order chi connectivity index (χ0) is 17.8. The maximum Gasteiger partial charge on any atom is 0.407 e. The van der Waals surface area contributed by atoms with Crippen molar-refractivity contribution >= 4 is 6.09 Å². The lowest BCUT2D eigenvalue weighted by Gasteiger charge is -2.23. The Hall–Kier alpha value is -1.78. The molecule has 0 aromatic rings. The number of hydrogen-bond donors (Lipinski definition) is 2. The second-order valence-corrected chi connectivity index (χ2v) is 7.00. The molecule has 1 amide bonds. The summed E-state index contributed by atoms with van der Waals surface area (Å²) in [5.41, 5.74) is 2.86. The Kier molecular flexibility index (Phi) is 6.42. The number of nitrogens with one attached hydrogen (secondary N) is 2. The van der Waals surface area contributed by atoms with Gasteiger partial charge in [0.25, 0.3) is 0 Å². The smallest absolute Gasteiger partial charge is 0.407 e. The van der Waals surface area contributed by atoms with Crippen LogP contribution in [0.25, 0.3) is 0 Å². The van der Waals surface area contributed by atoms with Gasteiger partial charge in [0.1, 0.15) is 11.8 Å². The van der Waals surface area contributed by atoms with E-state index in [-0.39, 0.29) is 6.04 Å².